The SMILES string of the molecule is CC(C)(C(=O)N1CCC(Cl)CC1)c1ccccc1. The van der Waals surface area contributed by atoms with E-state index in [1.54, 1.807) is 0 Å². The van der Waals surface area contributed by atoms with Crippen molar-refractivity contribution in [3.05, 3.63) is 35.9 Å². The minimum Gasteiger partial charge on any atom is -0.342 e. The first-order chi connectivity index (χ1) is 8.51. The van der Waals surface area contributed by atoms with Gasteiger partial charge in [-0.2, -0.15) is 0 Å². The van der Waals surface area contributed by atoms with Gasteiger partial charge in [0.1, 0.15) is 0 Å². The van der Waals surface area contributed by atoms with E-state index in [0.717, 1.165) is 31.5 Å². The Bertz CT molecular complexity index is 408. The molecule has 0 aromatic heterocycles. The monoisotopic (exact) mass is 265 g/mol. The van der Waals surface area contributed by atoms with Gasteiger partial charge in [0, 0.05) is 18.5 Å². The molecule has 0 atom stereocenters. The lowest BCUT2D eigenvalue weighted by Gasteiger charge is -2.36. The summed E-state index contributed by atoms with van der Waals surface area (Å²) >= 11 is 6.08. The molecule has 2 rings (SSSR count). The summed E-state index contributed by atoms with van der Waals surface area (Å²) in [6, 6.07) is 9.98. The molecule has 0 saturated carbocycles. The number of carbonyl (C=O) groups excluding carboxylic acids is 1. The molecule has 18 heavy (non-hydrogen) atoms. The van der Waals surface area contributed by atoms with E-state index < -0.39 is 5.41 Å². The van der Waals surface area contributed by atoms with Crippen LogP contribution in [0.4, 0.5) is 0 Å². The Morgan fingerprint density at radius 1 is 1.22 bits per heavy atom. The number of benzene rings is 1. The van der Waals surface area contributed by atoms with Gasteiger partial charge in [-0.3, -0.25) is 4.79 Å². The van der Waals surface area contributed by atoms with Crippen LogP contribution in [0.15, 0.2) is 30.3 Å². The number of halogens is 1. The number of likely N-dealkylation sites (tertiary alicyclic amines) is 1. The highest BCUT2D eigenvalue weighted by Gasteiger charge is 2.34. The number of rotatable bonds is 2. The number of piperidine rings is 1. The summed E-state index contributed by atoms with van der Waals surface area (Å²) in [6.45, 7) is 5.56. The van der Waals surface area contributed by atoms with Crippen molar-refractivity contribution < 1.29 is 4.79 Å². The molecule has 0 spiro atoms. The van der Waals surface area contributed by atoms with E-state index in [-0.39, 0.29) is 11.3 Å². The van der Waals surface area contributed by atoms with Gasteiger partial charge < -0.3 is 4.90 Å². The quantitative estimate of drug-likeness (QED) is 0.752. The Labute approximate surface area is 114 Å². The molecule has 0 bridgehead atoms. The fourth-order valence-electron chi connectivity index (χ4n) is 2.42. The van der Waals surface area contributed by atoms with Crippen molar-refractivity contribution in [2.45, 2.75) is 37.5 Å². The van der Waals surface area contributed by atoms with Crippen molar-refractivity contribution in [2.24, 2.45) is 0 Å². The highest BCUT2D eigenvalue weighted by molar-refractivity contribution is 6.20. The fourth-order valence-corrected chi connectivity index (χ4v) is 2.62. The van der Waals surface area contributed by atoms with Crippen molar-refractivity contribution in [3.63, 3.8) is 0 Å². The van der Waals surface area contributed by atoms with Crippen LogP contribution >= 0.6 is 11.6 Å². The number of nitrogens with zero attached hydrogens (tertiary/aromatic N) is 1. The number of carbonyl (C=O) groups is 1. The summed E-state index contributed by atoms with van der Waals surface area (Å²) in [5.41, 5.74) is 0.614. The largest absolute Gasteiger partial charge is 0.342 e. The molecule has 1 aliphatic heterocycles. The maximum atomic E-state index is 12.6. The molecular weight excluding hydrogens is 246 g/mol. The van der Waals surface area contributed by atoms with Crippen molar-refractivity contribution in [1.82, 2.24) is 4.90 Å². The molecule has 98 valence electrons. The Balaban J connectivity index is 2.13. The van der Waals surface area contributed by atoms with Gasteiger partial charge in [0.2, 0.25) is 5.91 Å². The van der Waals surface area contributed by atoms with Gasteiger partial charge >= 0.3 is 0 Å². The molecule has 0 radical (unpaired) electrons. The summed E-state index contributed by atoms with van der Waals surface area (Å²) in [5, 5.41) is 0.230. The third-order valence-electron chi connectivity index (χ3n) is 3.74. The van der Waals surface area contributed by atoms with Crippen LogP contribution in [0, 0.1) is 0 Å². The lowest BCUT2D eigenvalue weighted by molar-refractivity contribution is -0.137. The van der Waals surface area contributed by atoms with Gasteiger partial charge in [0.05, 0.1) is 5.41 Å². The summed E-state index contributed by atoms with van der Waals surface area (Å²) in [6.07, 6.45) is 1.80. The summed E-state index contributed by atoms with van der Waals surface area (Å²) in [5.74, 6) is 0.206. The van der Waals surface area contributed by atoms with Crippen LogP contribution in [-0.2, 0) is 10.2 Å². The maximum absolute atomic E-state index is 12.6. The van der Waals surface area contributed by atoms with Gasteiger partial charge in [0.25, 0.3) is 0 Å². The highest BCUT2D eigenvalue weighted by Crippen LogP contribution is 2.27. The lowest BCUT2D eigenvalue weighted by atomic mass is 9.83. The highest BCUT2D eigenvalue weighted by atomic mass is 35.5. The van der Waals surface area contributed by atoms with Gasteiger partial charge in [-0.05, 0) is 32.3 Å². The lowest BCUT2D eigenvalue weighted by Crippen LogP contribution is -2.47. The Morgan fingerprint density at radius 2 is 1.78 bits per heavy atom. The number of hydrogen-bond acceptors (Lipinski definition) is 1. The Hall–Kier alpha value is -1.02. The second-order valence-electron chi connectivity index (χ2n) is 5.46. The van der Waals surface area contributed by atoms with Crippen molar-refractivity contribution in [3.8, 4) is 0 Å². The van der Waals surface area contributed by atoms with Crippen molar-refractivity contribution >= 4 is 17.5 Å². The zero-order valence-electron chi connectivity index (χ0n) is 11.0. The fraction of sp³-hybridized carbons (Fsp3) is 0.533. The first-order valence-electron chi connectivity index (χ1n) is 6.51. The second kappa shape index (κ2) is 5.31. The van der Waals surface area contributed by atoms with Crippen LogP contribution in [0.2, 0.25) is 0 Å². The molecule has 3 heteroatoms. The smallest absolute Gasteiger partial charge is 0.232 e. The van der Waals surface area contributed by atoms with Crippen LogP contribution in [0.25, 0.3) is 0 Å². The topological polar surface area (TPSA) is 20.3 Å². The minimum absolute atomic E-state index is 0.206. The molecular formula is C15H20ClNO. The van der Waals surface area contributed by atoms with Crippen LogP contribution in [0.3, 0.4) is 0 Å². The molecule has 0 unspecified atom stereocenters. The third kappa shape index (κ3) is 2.69. The predicted molar refractivity (Wildman–Crippen MR) is 74.9 cm³/mol. The molecule has 1 aromatic rings. The first-order valence-corrected chi connectivity index (χ1v) is 6.94. The van der Waals surface area contributed by atoms with E-state index in [4.69, 9.17) is 11.6 Å². The molecule has 1 saturated heterocycles. The number of alkyl halides is 1. The molecule has 1 amide bonds. The average Bonchev–Trinajstić information content (AvgIpc) is 2.40. The van der Waals surface area contributed by atoms with E-state index in [0.29, 0.717) is 0 Å². The number of amides is 1. The molecule has 1 aromatic carbocycles. The molecule has 1 heterocycles. The Kier molecular flexibility index (Phi) is 3.96. The zero-order valence-corrected chi connectivity index (χ0v) is 11.8. The predicted octanol–water partition coefficient (Wildman–Crippen LogP) is 3.19. The second-order valence-corrected chi connectivity index (χ2v) is 6.08. The summed E-state index contributed by atoms with van der Waals surface area (Å²) in [4.78, 5) is 14.6. The minimum atomic E-state index is -0.458. The van der Waals surface area contributed by atoms with Crippen molar-refractivity contribution in [2.75, 3.05) is 13.1 Å². The molecule has 0 aliphatic carbocycles. The standard InChI is InChI=1S/C15H20ClNO/c1-15(2,12-6-4-3-5-7-12)14(18)17-10-8-13(16)9-11-17/h3-7,13H,8-11H2,1-2H3. The first kappa shape index (κ1) is 13.4. The van der Waals surface area contributed by atoms with Crippen LogP contribution in [-0.4, -0.2) is 29.3 Å². The normalized spacial score (nSPS) is 17.8. The number of hydrogen-bond donors (Lipinski definition) is 0. The van der Waals surface area contributed by atoms with Gasteiger partial charge in [0.15, 0.2) is 0 Å². The molecule has 1 fully saturated rings. The van der Waals surface area contributed by atoms with E-state index in [9.17, 15) is 4.79 Å². The summed E-state index contributed by atoms with van der Waals surface area (Å²) in [7, 11) is 0. The maximum Gasteiger partial charge on any atom is 0.232 e. The van der Waals surface area contributed by atoms with Gasteiger partial charge in [-0.15, -0.1) is 11.6 Å². The van der Waals surface area contributed by atoms with E-state index in [1.165, 1.54) is 0 Å². The molecule has 0 N–H and O–H groups in total. The third-order valence-corrected chi connectivity index (χ3v) is 4.18. The van der Waals surface area contributed by atoms with Crippen molar-refractivity contribution in [1.29, 1.82) is 0 Å². The van der Waals surface area contributed by atoms with E-state index in [1.807, 2.05) is 49.1 Å². The van der Waals surface area contributed by atoms with Crippen LogP contribution in [0.1, 0.15) is 32.3 Å². The summed E-state index contributed by atoms with van der Waals surface area (Å²) < 4.78 is 0. The van der Waals surface area contributed by atoms with Gasteiger partial charge in [-0.25, -0.2) is 0 Å². The molecule has 1 aliphatic rings. The van der Waals surface area contributed by atoms with Crippen LogP contribution in [0.5, 0.6) is 0 Å². The van der Waals surface area contributed by atoms with E-state index >= 15 is 0 Å². The average molecular weight is 266 g/mol. The molecule has 2 nitrogen and oxygen atoms in total. The van der Waals surface area contributed by atoms with Gasteiger partial charge in [-0.1, -0.05) is 30.3 Å². The van der Waals surface area contributed by atoms with Crippen LogP contribution < -0.4 is 0 Å². The zero-order chi connectivity index (χ0) is 13.2. The Morgan fingerprint density at radius 3 is 2.33 bits per heavy atom. The van der Waals surface area contributed by atoms with E-state index in [2.05, 4.69) is 0 Å².